The highest BCUT2D eigenvalue weighted by atomic mass is 16.7. The molecule has 328 valence electrons. The number of hydrogen-bond acceptors (Lipinski definition) is 13. The molecule has 58 heavy (non-hydrogen) atoms. The molecule has 0 unspecified atom stereocenters. The molecule has 0 saturated carbocycles. The van der Waals surface area contributed by atoms with Gasteiger partial charge in [-0.25, -0.2) is 4.79 Å². The molecule has 0 bridgehead atoms. The second-order valence-electron chi connectivity index (χ2n) is 19.1. The maximum Gasteiger partial charge on any atom is 0.337 e. The second kappa shape index (κ2) is 17.6. The number of aliphatic hydroxyl groups excluding tert-OH is 3. The van der Waals surface area contributed by atoms with Crippen LogP contribution in [0, 0.1) is 17.8 Å². The van der Waals surface area contributed by atoms with E-state index < -0.39 is 71.7 Å². The van der Waals surface area contributed by atoms with E-state index in [0.29, 0.717) is 56.4 Å². The average molecular weight is 819 g/mol. The number of ether oxygens (including phenoxy) is 8. The summed E-state index contributed by atoms with van der Waals surface area (Å²) >= 11 is 0. The Morgan fingerprint density at radius 3 is 2.52 bits per heavy atom. The first-order valence-electron chi connectivity index (χ1n) is 22.1. The number of hydrogen-bond donors (Lipinski definition) is 4. The molecule has 0 aromatic rings. The highest BCUT2D eigenvalue weighted by molar-refractivity contribution is 5.78. The zero-order chi connectivity index (χ0) is 41.6. The zero-order valence-electron chi connectivity index (χ0n) is 35.5. The van der Waals surface area contributed by atoms with Crippen LogP contribution >= 0.6 is 0 Å². The third-order valence-corrected chi connectivity index (χ3v) is 14.2. The number of carbonyl (C=O) groups is 1. The molecule has 7 aliphatic heterocycles. The van der Waals surface area contributed by atoms with Gasteiger partial charge >= 0.3 is 5.97 Å². The molecule has 0 aromatic heterocycles. The predicted molar refractivity (Wildman–Crippen MR) is 212 cm³/mol. The molecule has 0 aliphatic carbocycles. The quantitative estimate of drug-likeness (QED) is 0.166. The average Bonchev–Trinajstić information content (AvgIpc) is 3.59. The van der Waals surface area contributed by atoms with Gasteiger partial charge in [0.25, 0.3) is 0 Å². The van der Waals surface area contributed by atoms with E-state index in [1.54, 1.807) is 0 Å². The molecule has 6 fully saturated rings. The van der Waals surface area contributed by atoms with E-state index in [9.17, 15) is 25.2 Å². The van der Waals surface area contributed by atoms with E-state index in [0.717, 1.165) is 50.7 Å². The Morgan fingerprint density at radius 1 is 1.02 bits per heavy atom. The Hall–Kier alpha value is -1.75. The molecule has 0 radical (unpaired) electrons. The first kappa shape index (κ1) is 44.3. The van der Waals surface area contributed by atoms with Crippen molar-refractivity contribution in [3.63, 3.8) is 0 Å². The smallest absolute Gasteiger partial charge is 0.337 e. The van der Waals surface area contributed by atoms with Crippen LogP contribution < -0.4 is 0 Å². The lowest BCUT2D eigenvalue weighted by Crippen LogP contribution is -2.60. The minimum absolute atomic E-state index is 0.0145. The van der Waals surface area contributed by atoms with E-state index in [2.05, 4.69) is 33.4 Å². The molecular formula is C45H70O13. The van der Waals surface area contributed by atoms with Crippen LogP contribution in [0.3, 0.4) is 0 Å². The van der Waals surface area contributed by atoms with Crippen molar-refractivity contribution in [2.24, 2.45) is 17.8 Å². The van der Waals surface area contributed by atoms with Crippen LogP contribution in [0.5, 0.6) is 0 Å². The number of carbonyl (C=O) groups excluding carboxylic acids is 1. The summed E-state index contributed by atoms with van der Waals surface area (Å²) in [6.45, 7) is 14.7. The summed E-state index contributed by atoms with van der Waals surface area (Å²) in [4.78, 5) is 12.2. The van der Waals surface area contributed by atoms with Crippen LogP contribution in [0.1, 0.15) is 125 Å². The van der Waals surface area contributed by atoms with E-state index in [-0.39, 0.29) is 36.6 Å². The highest BCUT2D eigenvalue weighted by Gasteiger charge is 2.55. The van der Waals surface area contributed by atoms with Crippen molar-refractivity contribution in [1.29, 1.82) is 0 Å². The summed E-state index contributed by atoms with van der Waals surface area (Å²) in [5, 5.41) is 45.0. The van der Waals surface area contributed by atoms with Crippen molar-refractivity contribution in [2.75, 3.05) is 13.7 Å². The van der Waals surface area contributed by atoms with Crippen molar-refractivity contribution < 1.29 is 63.1 Å². The molecule has 3 spiro atoms. The third-order valence-electron chi connectivity index (χ3n) is 14.2. The molecule has 13 nitrogen and oxygen atoms in total. The normalized spacial score (nSPS) is 44.8. The van der Waals surface area contributed by atoms with Gasteiger partial charge in [-0.2, -0.15) is 0 Å². The summed E-state index contributed by atoms with van der Waals surface area (Å²) < 4.78 is 50.2. The standard InChI is InChI=1S/C45H70O13/c1-26-22-35(56-45(24-26)36(47)13-12-32(55-45)25-42(6,50)41(49)51-7)27(2)10-11-31-15-19-44(54-31)20-16-34-40(58-44)37(48)30(5)39(53-34)33(46)23-29(4)38-28(3)14-18-43(57-38)17-8-9-21-52-43/h10-11,24,27-29,31-40,46-48,50H,5,8-9,12-23,25H2,1-4,6-7H3/t27-,28-,29+,31+,32+,33+,34-,35+,36-,37-,38+,39+,40-,42-,43+,44-,45-/m1/s1. The van der Waals surface area contributed by atoms with Gasteiger partial charge in [0.15, 0.2) is 17.2 Å². The van der Waals surface area contributed by atoms with Crippen molar-refractivity contribution in [1.82, 2.24) is 0 Å². The highest BCUT2D eigenvalue weighted by Crippen LogP contribution is 2.47. The molecule has 4 N–H and O–H groups in total. The molecule has 13 heteroatoms. The number of esters is 1. The van der Waals surface area contributed by atoms with Gasteiger partial charge in [-0.15, -0.1) is 0 Å². The van der Waals surface area contributed by atoms with Gasteiger partial charge in [0, 0.05) is 38.0 Å². The van der Waals surface area contributed by atoms with Gasteiger partial charge in [0.1, 0.15) is 24.4 Å². The lowest BCUT2D eigenvalue weighted by atomic mass is 9.79. The van der Waals surface area contributed by atoms with Crippen LogP contribution in [0.25, 0.3) is 0 Å². The minimum atomic E-state index is -1.73. The number of methoxy groups -OCH3 is 1. The maximum absolute atomic E-state index is 12.2. The van der Waals surface area contributed by atoms with Crippen LogP contribution in [0.4, 0.5) is 0 Å². The van der Waals surface area contributed by atoms with Gasteiger partial charge in [-0.1, -0.05) is 45.1 Å². The monoisotopic (exact) mass is 818 g/mol. The number of rotatable bonds is 10. The van der Waals surface area contributed by atoms with Crippen molar-refractivity contribution in [3.05, 3.63) is 36.0 Å². The third kappa shape index (κ3) is 9.21. The van der Waals surface area contributed by atoms with Crippen LogP contribution in [0.2, 0.25) is 0 Å². The SMILES string of the molecule is C=C1[C@@H](O)[C@@H]2O[C@]3(CC[C@H](C=C[C@@H](C)[C@@H]4CC(C)=C[C@@]5(O[C@H](C[C@@](C)(O)C(=O)OC)CC[C@H]5O)O4)O3)CC[C@H]2O[C@@H]1[C@@H](O)C[C@H](C)[C@H]1O[C@@]2(CCCCO2)CC[C@H]1C. The molecule has 6 saturated heterocycles. The van der Waals surface area contributed by atoms with Crippen molar-refractivity contribution in [2.45, 2.75) is 209 Å². The fraction of sp³-hybridized carbons (Fsp3) is 0.844. The van der Waals surface area contributed by atoms with Gasteiger partial charge in [0.05, 0.1) is 50.3 Å². The van der Waals surface area contributed by atoms with E-state index in [1.165, 1.54) is 14.0 Å². The summed E-state index contributed by atoms with van der Waals surface area (Å²) in [6.07, 6.45) is 9.94. The Bertz CT molecular complexity index is 1520. The summed E-state index contributed by atoms with van der Waals surface area (Å²) in [6, 6.07) is 0. The minimum Gasteiger partial charge on any atom is -0.467 e. The summed E-state index contributed by atoms with van der Waals surface area (Å²) in [5.41, 5.74) is -0.287. The topological polar surface area (TPSA) is 172 Å². The molecule has 0 amide bonds. The van der Waals surface area contributed by atoms with E-state index >= 15 is 0 Å². The fourth-order valence-electron chi connectivity index (χ4n) is 10.8. The number of fused-ring (bicyclic) bond motifs is 1. The van der Waals surface area contributed by atoms with Crippen LogP contribution in [-0.2, 0) is 42.7 Å². The van der Waals surface area contributed by atoms with Crippen LogP contribution in [0.15, 0.2) is 36.0 Å². The first-order valence-corrected chi connectivity index (χ1v) is 22.1. The Labute approximate surface area is 344 Å². The van der Waals surface area contributed by atoms with Crippen LogP contribution in [-0.4, -0.2) is 124 Å². The Morgan fingerprint density at radius 2 is 1.78 bits per heavy atom. The predicted octanol–water partition coefficient (Wildman–Crippen LogP) is 5.30. The second-order valence-corrected chi connectivity index (χ2v) is 19.1. The summed E-state index contributed by atoms with van der Waals surface area (Å²) in [7, 11) is 1.24. The van der Waals surface area contributed by atoms with Gasteiger partial charge < -0.3 is 58.3 Å². The van der Waals surface area contributed by atoms with Gasteiger partial charge in [-0.3, -0.25) is 0 Å². The maximum atomic E-state index is 12.2. The van der Waals surface area contributed by atoms with Crippen molar-refractivity contribution >= 4 is 5.97 Å². The molecule has 7 rings (SSSR count). The van der Waals surface area contributed by atoms with Crippen molar-refractivity contribution in [3.8, 4) is 0 Å². The van der Waals surface area contributed by atoms with Gasteiger partial charge in [-0.05, 0) is 95.1 Å². The van der Waals surface area contributed by atoms with Gasteiger partial charge in [0.2, 0.25) is 5.79 Å². The first-order chi connectivity index (χ1) is 27.5. The molecule has 7 aliphatic rings. The molecule has 0 aromatic carbocycles. The summed E-state index contributed by atoms with van der Waals surface area (Å²) in [5.74, 6) is -3.15. The molecule has 7 heterocycles. The zero-order valence-corrected chi connectivity index (χ0v) is 35.5. The van der Waals surface area contributed by atoms with E-state index in [1.807, 2.05) is 19.1 Å². The number of aliphatic hydroxyl groups is 4. The fourth-order valence-corrected chi connectivity index (χ4v) is 10.8. The molecule has 17 atom stereocenters. The lowest BCUT2D eigenvalue weighted by Gasteiger charge is -2.50. The Kier molecular flexibility index (Phi) is 13.4. The molecular weight excluding hydrogens is 748 g/mol. The van der Waals surface area contributed by atoms with E-state index in [4.69, 9.17) is 37.9 Å². The Balaban J connectivity index is 0.919. The lowest BCUT2D eigenvalue weighted by molar-refractivity contribution is -0.321. The largest absolute Gasteiger partial charge is 0.467 e.